The highest BCUT2D eigenvalue weighted by molar-refractivity contribution is 5.03. The molecule has 0 aliphatic carbocycles. The van der Waals surface area contributed by atoms with Crippen LogP contribution >= 0.6 is 0 Å². The number of aryl methyl sites for hydroxylation is 2. The topological polar surface area (TPSA) is 29.9 Å². The molecule has 3 nitrogen and oxygen atoms in total. The summed E-state index contributed by atoms with van der Waals surface area (Å²) < 4.78 is 1.89. The van der Waals surface area contributed by atoms with Crippen LogP contribution in [0.3, 0.4) is 0 Å². The van der Waals surface area contributed by atoms with Crippen molar-refractivity contribution in [2.24, 2.45) is 18.9 Å². The minimum Gasteiger partial charge on any atom is -0.316 e. The predicted octanol–water partition coefficient (Wildman–Crippen LogP) is 1.60. The summed E-state index contributed by atoms with van der Waals surface area (Å²) in [4.78, 5) is 0. The van der Waals surface area contributed by atoms with Crippen LogP contribution in [0.5, 0.6) is 0 Å². The summed E-state index contributed by atoms with van der Waals surface area (Å²) in [6, 6.07) is 0. The molecule has 0 spiro atoms. The molecule has 0 amide bonds. The second-order valence-corrected chi connectivity index (χ2v) is 4.79. The highest BCUT2D eigenvalue weighted by atomic mass is 15.2. The quantitative estimate of drug-likeness (QED) is 0.816. The van der Waals surface area contributed by atoms with E-state index in [4.69, 9.17) is 0 Å². The molecule has 0 radical (unpaired) electrons. The number of aromatic nitrogens is 2. The standard InChI is InChI=1S/C12H21N3/c1-10-5-6-13-8-12(10)4-3-11-7-14-15(2)9-11/h7,9-10,12-13H,3-6,8H2,1-2H3. The Morgan fingerprint density at radius 1 is 1.60 bits per heavy atom. The summed E-state index contributed by atoms with van der Waals surface area (Å²) in [5.41, 5.74) is 1.37. The van der Waals surface area contributed by atoms with Crippen LogP contribution < -0.4 is 5.32 Å². The lowest BCUT2D eigenvalue weighted by atomic mass is 9.84. The molecule has 15 heavy (non-hydrogen) atoms. The zero-order valence-electron chi connectivity index (χ0n) is 9.74. The molecule has 3 heteroatoms. The molecule has 2 heterocycles. The van der Waals surface area contributed by atoms with E-state index in [0.717, 1.165) is 11.8 Å². The fraction of sp³-hybridized carbons (Fsp3) is 0.750. The van der Waals surface area contributed by atoms with Gasteiger partial charge in [-0.05, 0) is 49.8 Å². The van der Waals surface area contributed by atoms with E-state index in [1.807, 2.05) is 17.9 Å². The monoisotopic (exact) mass is 207 g/mol. The maximum Gasteiger partial charge on any atom is 0.0521 e. The predicted molar refractivity (Wildman–Crippen MR) is 61.7 cm³/mol. The molecule has 2 unspecified atom stereocenters. The van der Waals surface area contributed by atoms with E-state index in [1.165, 1.54) is 37.9 Å². The van der Waals surface area contributed by atoms with Gasteiger partial charge in [0.2, 0.25) is 0 Å². The van der Waals surface area contributed by atoms with Crippen molar-refractivity contribution in [3.05, 3.63) is 18.0 Å². The Hall–Kier alpha value is -0.830. The van der Waals surface area contributed by atoms with Gasteiger partial charge < -0.3 is 5.32 Å². The molecule has 2 atom stereocenters. The van der Waals surface area contributed by atoms with Gasteiger partial charge in [-0.2, -0.15) is 5.10 Å². The fourth-order valence-electron chi connectivity index (χ4n) is 2.39. The van der Waals surface area contributed by atoms with Gasteiger partial charge in [0.05, 0.1) is 6.20 Å². The van der Waals surface area contributed by atoms with E-state index in [0.29, 0.717) is 0 Å². The molecule has 0 bridgehead atoms. The van der Waals surface area contributed by atoms with Crippen molar-refractivity contribution in [2.45, 2.75) is 26.2 Å². The van der Waals surface area contributed by atoms with Crippen LogP contribution in [-0.2, 0) is 13.5 Å². The Kier molecular flexibility index (Phi) is 3.41. The van der Waals surface area contributed by atoms with Crippen molar-refractivity contribution in [3.8, 4) is 0 Å². The van der Waals surface area contributed by atoms with Gasteiger partial charge in [0.1, 0.15) is 0 Å². The van der Waals surface area contributed by atoms with E-state index >= 15 is 0 Å². The van der Waals surface area contributed by atoms with Gasteiger partial charge in [0.25, 0.3) is 0 Å². The normalized spacial score (nSPS) is 26.8. The summed E-state index contributed by atoms with van der Waals surface area (Å²) in [7, 11) is 1.98. The highest BCUT2D eigenvalue weighted by Crippen LogP contribution is 2.23. The van der Waals surface area contributed by atoms with Gasteiger partial charge in [-0.25, -0.2) is 0 Å². The number of nitrogens with one attached hydrogen (secondary N) is 1. The highest BCUT2D eigenvalue weighted by Gasteiger charge is 2.20. The van der Waals surface area contributed by atoms with E-state index in [2.05, 4.69) is 23.5 Å². The minimum atomic E-state index is 0.846. The third-order valence-corrected chi connectivity index (χ3v) is 3.55. The minimum absolute atomic E-state index is 0.846. The summed E-state index contributed by atoms with van der Waals surface area (Å²) in [6.07, 6.45) is 7.91. The smallest absolute Gasteiger partial charge is 0.0521 e. The van der Waals surface area contributed by atoms with E-state index in [1.54, 1.807) is 0 Å². The van der Waals surface area contributed by atoms with Crippen molar-refractivity contribution < 1.29 is 0 Å². The average Bonchev–Trinajstić information content (AvgIpc) is 2.63. The second-order valence-electron chi connectivity index (χ2n) is 4.79. The largest absolute Gasteiger partial charge is 0.316 e. The van der Waals surface area contributed by atoms with E-state index in [9.17, 15) is 0 Å². The molecule has 0 saturated carbocycles. The Labute approximate surface area is 91.9 Å². The first-order valence-electron chi connectivity index (χ1n) is 5.94. The number of nitrogens with zero attached hydrogens (tertiary/aromatic N) is 2. The van der Waals surface area contributed by atoms with Crippen LogP contribution in [0.2, 0.25) is 0 Å². The van der Waals surface area contributed by atoms with Gasteiger partial charge >= 0.3 is 0 Å². The van der Waals surface area contributed by atoms with E-state index < -0.39 is 0 Å². The Morgan fingerprint density at radius 3 is 3.13 bits per heavy atom. The van der Waals surface area contributed by atoms with Crippen molar-refractivity contribution in [1.29, 1.82) is 0 Å². The fourth-order valence-corrected chi connectivity index (χ4v) is 2.39. The lowest BCUT2D eigenvalue weighted by molar-refractivity contribution is 0.260. The summed E-state index contributed by atoms with van der Waals surface area (Å²) in [5.74, 6) is 1.72. The summed E-state index contributed by atoms with van der Waals surface area (Å²) in [5, 5.41) is 7.69. The number of hydrogen-bond acceptors (Lipinski definition) is 2. The Bertz CT molecular complexity index is 306. The average molecular weight is 207 g/mol. The first kappa shape index (κ1) is 10.7. The third kappa shape index (κ3) is 2.81. The van der Waals surface area contributed by atoms with Crippen molar-refractivity contribution in [2.75, 3.05) is 13.1 Å². The SMILES string of the molecule is CC1CCNCC1CCc1cnn(C)c1. The Balaban J connectivity index is 1.81. The molecular weight excluding hydrogens is 186 g/mol. The third-order valence-electron chi connectivity index (χ3n) is 3.55. The van der Waals surface area contributed by atoms with Crippen LogP contribution in [0.4, 0.5) is 0 Å². The van der Waals surface area contributed by atoms with Crippen LogP contribution in [0.25, 0.3) is 0 Å². The molecule has 1 aliphatic rings. The van der Waals surface area contributed by atoms with Crippen molar-refractivity contribution in [1.82, 2.24) is 15.1 Å². The number of rotatable bonds is 3. The Morgan fingerprint density at radius 2 is 2.47 bits per heavy atom. The van der Waals surface area contributed by atoms with Crippen LogP contribution in [-0.4, -0.2) is 22.9 Å². The molecular formula is C12H21N3. The molecule has 2 rings (SSSR count). The van der Waals surface area contributed by atoms with Crippen LogP contribution in [0.1, 0.15) is 25.3 Å². The zero-order chi connectivity index (χ0) is 10.7. The summed E-state index contributed by atoms with van der Waals surface area (Å²) in [6.45, 7) is 4.78. The van der Waals surface area contributed by atoms with Crippen molar-refractivity contribution in [3.63, 3.8) is 0 Å². The lowest BCUT2D eigenvalue weighted by Crippen LogP contribution is -2.35. The first-order valence-corrected chi connectivity index (χ1v) is 5.94. The molecule has 1 N–H and O–H groups in total. The maximum atomic E-state index is 4.20. The molecule has 1 fully saturated rings. The molecule has 1 aliphatic heterocycles. The first-order chi connectivity index (χ1) is 7.25. The van der Waals surface area contributed by atoms with Gasteiger partial charge in [0, 0.05) is 13.2 Å². The zero-order valence-corrected chi connectivity index (χ0v) is 9.74. The van der Waals surface area contributed by atoms with Crippen LogP contribution in [0.15, 0.2) is 12.4 Å². The lowest BCUT2D eigenvalue weighted by Gasteiger charge is -2.29. The molecule has 84 valence electrons. The number of piperidine rings is 1. The summed E-state index contributed by atoms with van der Waals surface area (Å²) >= 11 is 0. The van der Waals surface area contributed by atoms with E-state index in [-0.39, 0.29) is 0 Å². The van der Waals surface area contributed by atoms with Gasteiger partial charge in [-0.1, -0.05) is 6.92 Å². The molecule has 0 aromatic carbocycles. The molecule has 1 saturated heterocycles. The van der Waals surface area contributed by atoms with Gasteiger partial charge in [-0.3, -0.25) is 4.68 Å². The maximum absolute atomic E-state index is 4.20. The number of hydrogen-bond donors (Lipinski definition) is 1. The molecule has 1 aromatic rings. The van der Waals surface area contributed by atoms with Gasteiger partial charge in [0.15, 0.2) is 0 Å². The second kappa shape index (κ2) is 4.79. The molecule has 1 aromatic heterocycles. The van der Waals surface area contributed by atoms with Crippen molar-refractivity contribution >= 4 is 0 Å². The van der Waals surface area contributed by atoms with Gasteiger partial charge in [-0.15, -0.1) is 0 Å². The van der Waals surface area contributed by atoms with Crippen LogP contribution in [0, 0.1) is 11.8 Å².